The lowest BCUT2D eigenvalue weighted by Gasteiger charge is -2.17. The van der Waals surface area contributed by atoms with Crippen molar-refractivity contribution >= 4 is 40.4 Å². The Morgan fingerprint density at radius 2 is 2.00 bits per heavy atom. The maximum Gasteiger partial charge on any atom is 0.234 e. The third kappa shape index (κ3) is 4.71. The van der Waals surface area contributed by atoms with Gasteiger partial charge in [0.25, 0.3) is 0 Å². The van der Waals surface area contributed by atoms with Gasteiger partial charge in [-0.2, -0.15) is 0 Å². The molecule has 2 N–H and O–H groups in total. The summed E-state index contributed by atoms with van der Waals surface area (Å²) in [5.74, 6) is -0.0677. The number of thiophene rings is 1. The van der Waals surface area contributed by atoms with E-state index in [-0.39, 0.29) is 24.5 Å². The first kappa shape index (κ1) is 17.3. The van der Waals surface area contributed by atoms with Crippen molar-refractivity contribution < 1.29 is 4.79 Å². The van der Waals surface area contributed by atoms with Crippen LogP contribution in [-0.2, 0) is 4.79 Å². The van der Waals surface area contributed by atoms with E-state index in [1.807, 2.05) is 31.4 Å². The lowest BCUT2D eigenvalue weighted by Crippen LogP contribution is -2.36. The van der Waals surface area contributed by atoms with Crippen LogP contribution in [-0.4, -0.2) is 12.5 Å². The summed E-state index contributed by atoms with van der Waals surface area (Å²) in [4.78, 5) is 13.2. The summed E-state index contributed by atoms with van der Waals surface area (Å²) >= 11 is 13.7. The molecular weight excluding hydrogens is 339 g/mol. The summed E-state index contributed by atoms with van der Waals surface area (Å²) < 4.78 is 0. The largest absolute Gasteiger partial charge is 0.348 e. The fourth-order valence-electron chi connectivity index (χ4n) is 2.11. The van der Waals surface area contributed by atoms with Crippen LogP contribution in [0.4, 0.5) is 0 Å². The maximum atomic E-state index is 12.0. The standard InChI is InChI=1S/C16H18Cl2N2OS/c1-10(13-6-5-12(17)8-14(13)18)20-16(21)9-19-11(2)15-4-3-7-22-15/h3-8,10-11,19H,9H2,1-2H3,(H,20,21)/t10-,11+/m1/s1. The lowest BCUT2D eigenvalue weighted by atomic mass is 10.1. The number of nitrogens with one attached hydrogen (secondary N) is 2. The number of hydrogen-bond acceptors (Lipinski definition) is 3. The Morgan fingerprint density at radius 1 is 1.23 bits per heavy atom. The summed E-state index contributed by atoms with van der Waals surface area (Å²) in [5, 5.41) is 9.31. The van der Waals surface area contributed by atoms with Gasteiger partial charge in [-0.1, -0.05) is 35.3 Å². The fraction of sp³-hybridized carbons (Fsp3) is 0.312. The van der Waals surface area contributed by atoms with Crippen LogP contribution in [0.2, 0.25) is 10.0 Å². The molecule has 118 valence electrons. The molecule has 6 heteroatoms. The molecule has 2 rings (SSSR count). The fourth-order valence-corrected chi connectivity index (χ4v) is 3.44. The van der Waals surface area contributed by atoms with Gasteiger partial charge in [0.2, 0.25) is 5.91 Å². The molecule has 1 aromatic carbocycles. The van der Waals surface area contributed by atoms with Gasteiger partial charge >= 0.3 is 0 Å². The molecule has 0 fully saturated rings. The molecule has 0 aliphatic carbocycles. The number of rotatable bonds is 6. The van der Waals surface area contributed by atoms with Crippen LogP contribution in [0.5, 0.6) is 0 Å². The molecule has 1 heterocycles. The normalized spacial score (nSPS) is 13.6. The molecule has 0 bridgehead atoms. The van der Waals surface area contributed by atoms with Gasteiger partial charge in [0.1, 0.15) is 0 Å². The number of amides is 1. The van der Waals surface area contributed by atoms with E-state index in [9.17, 15) is 4.79 Å². The zero-order valence-corrected chi connectivity index (χ0v) is 14.7. The molecule has 2 aromatic rings. The topological polar surface area (TPSA) is 41.1 Å². The molecule has 0 spiro atoms. The van der Waals surface area contributed by atoms with Crippen LogP contribution in [0.1, 0.15) is 36.4 Å². The Labute approximate surface area is 144 Å². The van der Waals surface area contributed by atoms with Crippen LogP contribution in [0, 0.1) is 0 Å². The molecule has 2 atom stereocenters. The average Bonchev–Trinajstić information content (AvgIpc) is 2.98. The van der Waals surface area contributed by atoms with Crippen molar-refractivity contribution in [2.75, 3.05) is 6.54 Å². The second kappa shape index (κ2) is 7.97. The first-order valence-electron chi connectivity index (χ1n) is 6.98. The Hall–Kier alpha value is -1.07. The van der Waals surface area contributed by atoms with Crippen molar-refractivity contribution in [3.8, 4) is 0 Å². The van der Waals surface area contributed by atoms with E-state index in [4.69, 9.17) is 23.2 Å². The predicted molar refractivity (Wildman–Crippen MR) is 93.8 cm³/mol. The van der Waals surface area contributed by atoms with Crippen molar-refractivity contribution in [3.05, 3.63) is 56.2 Å². The molecule has 1 amide bonds. The maximum absolute atomic E-state index is 12.0. The van der Waals surface area contributed by atoms with Crippen molar-refractivity contribution in [2.24, 2.45) is 0 Å². The van der Waals surface area contributed by atoms with E-state index in [0.717, 1.165) is 5.56 Å². The number of halogens is 2. The molecule has 0 aliphatic heterocycles. The third-order valence-corrected chi connectivity index (χ3v) is 4.96. The SMILES string of the molecule is C[C@H](NCC(=O)N[C@H](C)c1ccc(Cl)cc1Cl)c1cccs1. The molecule has 0 radical (unpaired) electrons. The van der Waals surface area contributed by atoms with Gasteiger partial charge in [0.15, 0.2) is 0 Å². The first-order valence-corrected chi connectivity index (χ1v) is 8.62. The zero-order chi connectivity index (χ0) is 16.1. The van der Waals surface area contributed by atoms with Crippen LogP contribution >= 0.6 is 34.5 Å². The highest BCUT2D eigenvalue weighted by molar-refractivity contribution is 7.10. The third-order valence-electron chi connectivity index (χ3n) is 3.35. The highest BCUT2D eigenvalue weighted by Gasteiger charge is 2.14. The van der Waals surface area contributed by atoms with Crippen molar-refractivity contribution in [1.82, 2.24) is 10.6 Å². The Balaban J connectivity index is 1.86. The summed E-state index contributed by atoms with van der Waals surface area (Å²) in [6, 6.07) is 9.31. The van der Waals surface area contributed by atoms with Crippen LogP contribution in [0.3, 0.4) is 0 Å². The molecule has 0 aliphatic rings. The predicted octanol–water partition coefficient (Wildman–Crippen LogP) is 4.58. The number of carbonyl (C=O) groups excluding carboxylic acids is 1. The van der Waals surface area contributed by atoms with E-state index in [0.29, 0.717) is 10.0 Å². The van der Waals surface area contributed by atoms with E-state index >= 15 is 0 Å². The molecule has 1 aromatic heterocycles. The molecule has 0 saturated carbocycles. The Bertz CT molecular complexity index is 631. The minimum atomic E-state index is -0.170. The quantitative estimate of drug-likeness (QED) is 0.794. The van der Waals surface area contributed by atoms with Gasteiger partial charge in [-0.15, -0.1) is 11.3 Å². The van der Waals surface area contributed by atoms with Crippen molar-refractivity contribution in [3.63, 3.8) is 0 Å². The number of carbonyl (C=O) groups is 1. The van der Waals surface area contributed by atoms with E-state index < -0.39 is 0 Å². The van der Waals surface area contributed by atoms with Gasteiger partial charge in [-0.3, -0.25) is 4.79 Å². The summed E-state index contributed by atoms with van der Waals surface area (Å²) in [5.41, 5.74) is 0.853. The van der Waals surface area contributed by atoms with Crippen molar-refractivity contribution in [2.45, 2.75) is 25.9 Å². The van der Waals surface area contributed by atoms with Gasteiger partial charge < -0.3 is 10.6 Å². The molecule has 0 unspecified atom stereocenters. The van der Waals surface area contributed by atoms with Gasteiger partial charge in [0, 0.05) is 21.0 Å². The molecule has 3 nitrogen and oxygen atoms in total. The molecule has 22 heavy (non-hydrogen) atoms. The van der Waals surface area contributed by atoms with Gasteiger partial charge in [-0.05, 0) is 43.0 Å². The summed E-state index contributed by atoms with van der Waals surface area (Å²) in [6.07, 6.45) is 0. The van der Waals surface area contributed by atoms with E-state index in [1.165, 1.54) is 4.88 Å². The second-order valence-corrected chi connectivity index (χ2v) is 6.90. The lowest BCUT2D eigenvalue weighted by molar-refractivity contribution is -0.121. The molecular formula is C16H18Cl2N2OS. The van der Waals surface area contributed by atoms with Crippen LogP contribution < -0.4 is 10.6 Å². The van der Waals surface area contributed by atoms with Crippen molar-refractivity contribution in [1.29, 1.82) is 0 Å². The smallest absolute Gasteiger partial charge is 0.234 e. The summed E-state index contributed by atoms with van der Waals surface area (Å²) in [6.45, 7) is 4.20. The van der Waals surface area contributed by atoms with Gasteiger partial charge in [0.05, 0.1) is 12.6 Å². The van der Waals surface area contributed by atoms with Crippen LogP contribution in [0.25, 0.3) is 0 Å². The highest BCUT2D eigenvalue weighted by atomic mass is 35.5. The minimum absolute atomic E-state index is 0.0677. The summed E-state index contributed by atoms with van der Waals surface area (Å²) in [7, 11) is 0. The van der Waals surface area contributed by atoms with E-state index in [2.05, 4.69) is 16.7 Å². The minimum Gasteiger partial charge on any atom is -0.348 e. The second-order valence-electron chi connectivity index (χ2n) is 5.07. The first-order chi connectivity index (χ1) is 10.5. The van der Waals surface area contributed by atoms with Crippen LogP contribution in [0.15, 0.2) is 35.7 Å². The van der Waals surface area contributed by atoms with E-state index in [1.54, 1.807) is 23.5 Å². The number of benzene rings is 1. The Kier molecular flexibility index (Phi) is 6.26. The average molecular weight is 357 g/mol. The zero-order valence-electron chi connectivity index (χ0n) is 12.4. The Morgan fingerprint density at radius 3 is 2.64 bits per heavy atom. The monoisotopic (exact) mass is 356 g/mol. The number of hydrogen-bond donors (Lipinski definition) is 2. The highest BCUT2D eigenvalue weighted by Crippen LogP contribution is 2.26. The van der Waals surface area contributed by atoms with Gasteiger partial charge in [-0.25, -0.2) is 0 Å². The molecule has 0 saturated heterocycles.